The van der Waals surface area contributed by atoms with Crippen LogP contribution in [0.1, 0.15) is 12.5 Å². The van der Waals surface area contributed by atoms with E-state index >= 15 is 0 Å². The van der Waals surface area contributed by atoms with Gasteiger partial charge in [-0.15, -0.1) is 0 Å². The normalized spacial score (nSPS) is 8.93. The highest BCUT2D eigenvalue weighted by atomic mass is 16.1. The number of azide groups is 1. The van der Waals surface area contributed by atoms with Crippen LogP contribution in [0.4, 0.5) is 5.69 Å². The molecule has 1 rings (SSSR count). The van der Waals surface area contributed by atoms with Crippen LogP contribution in [-0.4, -0.2) is 5.91 Å². The molecule has 1 aromatic carbocycles. The lowest BCUT2D eigenvalue weighted by Crippen LogP contribution is -2.18. The highest BCUT2D eigenvalue weighted by Gasteiger charge is 1.94. The fourth-order valence-corrected chi connectivity index (χ4v) is 0.959. The number of benzene rings is 1. The zero-order valence-corrected chi connectivity index (χ0v) is 7.77. The van der Waals surface area contributed by atoms with Gasteiger partial charge in [0.1, 0.15) is 0 Å². The number of nitrogens with zero attached hydrogens (tertiary/aromatic N) is 3. The molecule has 5 heteroatoms. The summed E-state index contributed by atoms with van der Waals surface area (Å²) in [5, 5.41) is 6.11. The lowest BCUT2D eigenvalue weighted by atomic mass is 10.2. The molecular weight excluding hydrogens is 180 g/mol. The minimum Gasteiger partial charge on any atom is -0.352 e. The molecule has 0 saturated carbocycles. The minimum atomic E-state index is -0.0656. The van der Waals surface area contributed by atoms with Crippen LogP contribution in [0.2, 0.25) is 0 Å². The Kier molecular flexibility index (Phi) is 3.52. The number of hydrogen-bond acceptors (Lipinski definition) is 2. The molecule has 72 valence electrons. The Morgan fingerprint density at radius 1 is 1.50 bits per heavy atom. The van der Waals surface area contributed by atoms with Crippen molar-refractivity contribution < 1.29 is 4.79 Å². The lowest BCUT2D eigenvalue weighted by molar-refractivity contribution is -0.119. The summed E-state index contributed by atoms with van der Waals surface area (Å²) >= 11 is 0. The maximum absolute atomic E-state index is 10.6. The number of amides is 1. The second-order valence-corrected chi connectivity index (χ2v) is 2.77. The quantitative estimate of drug-likeness (QED) is 0.443. The first kappa shape index (κ1) is 10.1. The molecule has 14 heavy (non-hydrogen) atoms. The van der Waals surface area contributed by atoms with E-state index in [1.54, 1.807) is 24.3 Å². The van der Waals surface area contributed by atoms with E-state index in [0.29, 0.717) is 12.2 Å². The van der Waals surface area contributed by atoms with Crippen LogP contribution in [-0.2, 0) is 11.3 Å². The Hall–Kier alpha value is -2.00. The molecule has 1 N–H and O–H groups in total. The summed E-state index contributed by atoms with van der Waals surface area (Å²) in [4.78, 5) is 13.3. The third kappa shape index (κ3) is 3.16. The second-order valence-electron chi connectivity index (χ2n) is 2.77. The standard InChI is InChI=1S/C9H10N4O/c1-7(14)11-6-8-2-4-9(5-3-8)12-13-10/h2-5H,6H2,1H3,(H,11,14). The van der Waals surface area contributed by atoms with Gasteiger partial charge in [-0.2, -0.15) is 0 Å². The van der Waals surface area contributed by atoms with Crippen LogP contribution < -0.4 is 5.32 Å². The Balaban J connectivity index is 2.63. The number of carbonyl (C=O) groups excluding carboxylic acids is 1. The molecule has 0 fully saturated rings. The zero-order chi connectivity index (χ0) is 10.4. The van der Waals surface area contributed by atoms with Crippen molar-refractivity contribution in [2.75, 3.05) is 0 Å². The average Bonchev–Trinajstić information content (AvgIpc) is 2.17. The smallest absolute Gasteiger partial charge is 0.217 e. The molecule has 0 bridgehead atoms. The maximum atomic E-state index is 10.6. The average molecular weight is 190 g/mol. The predicted octanol–water partition coefficient (Wildman–Crippen LogP) is 2.26. The van der Waals surface area contributed by atoms with Crippen molar-refractivity contribution in [3.05, 3.63) is 40.3 Å². The third-order valence-corrected chi connectivity index (χ3v) is 1.64. The van der Waals surface area contributed by atoms with Gasteiger partial charge >= 0.3 is 0 Å². The summed E-state index contributed by atoms with van der Waals surface area (Å²) in [5.74, 6) is -0.0656. The van der Waals surface area contributed by atoms with Crippen LogP contribution in [0.5, 0.6) is 0 Å². The summed E-state index contributed by atoms with van der Waals surface area (Å²) in [6, 6.07) is 7.02. The van der Waals surface area contributed by atoms with E-state index in [0.717, 1.165) is 5.56 Å². The van der Waals surface area contributed by atoms with Crippen LogP contribution >= 0.6 is 0 Å². The van der Waals surface area contributed by atoms with Crippen LogP contribution in [0.25, 0.3) is 10.4 Å². The molecule has 1 aromatic rings. The number of hydrogen-bond donors (Lipinski definition) is 1. The molecule has 1 amide bonds. The monoisotopic (exact) mass is 190 g/mol. The molecule has 0 heterocycles. The van der Waals surface area contributed by atoms with Crippen molar-refractivity contribution in [1.82, 2.24) is 5.32 Å². The van der Waals surface area contributed by atoms with Gasteiger partial charge in [-0.1, -0.05) is 29.4 Å². The predicted molar refractivity (Wildman–Crippen MR) is 52.8 cm³/mol. The summed E-state index contributed by atoms with van der Waals surface area (Å²) < 4.78 is 0. The SMILES string of the molecule is CC(=O)NCc1ccc(N=[N+]=[N-])cc1. The highest BCUT2D eigenvalue weighted by molar-refractivity contribution is 5.72. The zero-order valence-electron chi connectivity index (χ0n) is 7.77. The van der Waals surface area contributed by atoms with E-state index < -0.39 is 0 Å². The van der Waals surface area contributed by atoms with E-state index in [-0.39, 0.29) is 5.91 Å². The molecule has 0 spiro atoms. The van der Waals surface area contributed by atoms with Gasteiger partial charge in [-0.3, -0.25) is 4.79 Å². The fourth-order valence-electron chi connectivity index (χ4n) is 0.959. The molecule has 0 atom stereocenters. The Bertz CT molecular complexity index is 365. The van der Waals surface area contributed by atoms with E-state index in [9.17, 15) is 4.79 Å². The second kappa shape index (κ2) is 4.89. The van der Waals surface area contributed by atoms with Crippen molar-refractivity contribution in [3.8, 4) is 0 Å². The van der Waals surface area contributed by atoms with Crippen molar-refractivity contribution in [1.29, 1.82) is 0 Å². The Morgan fingerprint density at radius 3 is 2.64 bits per heavy atom. The van der Waals surface area contributed by atoms with E-state index in [2.05, 4.69) is 15.3 Å². The molecule has 0 aliphatic rings. The molecular formula is C9H10N4O. The Labute approximate surface area is 81.4 Å². The van der Waals surface area contributed by atoms with E-state index in [1.807, 2.05) is 0 Å². The molecule has 0 saturated heterocycles. The lowest BCUT2D eigenvalue weighted by Gasteiger charge is -2.01. The molecule has 0 aliphatic heterocycles. The summed E-state index contributed by atoms with van der Waals surface area (Å²) in [6.45, 7) is 1.96. The van der Waals surface area contributed by atoms with E-state index in [4.69, 9.17) is 5.53 Å². The number of nitrogens with one attached hydrogen (secondary N) is 1. The van der Waals surface area contributed by atoms with Gasteiger partial charge in [-0.25, -0.2) is 0 Å². The van der Waals surface area contributed by atoms with Crippen molar-refractivity contribution in [2.45, 2.75) is 13.5 Å². The molecule has 5 nitrogen and oxygen atoms in total. The summed E-state index contributed by atoms with van der Waals surface area (Å²) in [7, 11) is 0. The van der Waals surface area contributed by atoms with Crippen LogP contribution in [0.15, 0.2) is 29.4 Å². The van der Waals surface area contributed by atoms with Gasteiger partial charge in [0.05, 0.1) is 0 Å². The summed E-state index contributed by atoms with van der Waals surface area (Å²) in [5.41, 5.74) is 9.70. The van der Waals surface area contributed by atoms with Gasteiger partial charge < -0.3 is 5.32 Å². The van der Waals surface area contributed by atoms with Gasteiger partial charge in [0, 0.05) is 24.1 Å². The first-order valence-electron chi connectivity index (χ1n) is 4.11. The van der Waals surface area contributed by atoms with Crippen LogP contribution in [0.3, 0.4) is 0 Å². The van der Waals surface area contributed by atoms with Gasteiger partial charge in [0.25, 0.3) is 0 Å². The summed E-state index contributed by atoms with van der Waals surface area (Å²) in [6.07, 6.45) is 0. The molecule has 0 radical (unpaired) electrons. The van der Waals surface area contributed by atoms with Crippen molar-refractivity contribution >= 4 is 11.6 Å². The molecule has 0 unspecified atom stereocenters. The minimum absolute atomic E-state index is 0.0656. The molecule has 0 aliphatic carbocycles. The van der Waals surface area contributed by atoms with Gasteiger partial charge in [-0.05, 0) is 11.1 Å². The van der Waals surface area contributed by atoms with Gasteiger partial charge in [0.15, 0.2) is 0 Å². The number of carbonyl (C=O) groups is 1. The Morgan fingerprint density at radius 2 is 2.14 bits per heavy atom. The van der Waals surface area contributed by atoms with Crippen molar-refractivity contribution in [2.24, 2.45) is 5.11 Å². The van der Waals surface area contributed by atoms with Crippen LogP contribution in [0, 0.1) is 0 Å². The van der Waals surface area contributed by atoms with Crippen molar-refractivity contribution in [3.63, 3.8) is 0 Å². The highest BCUT2D eigenvalue weighted by Crippen LogP contribution is 2.12. The van der Waals surface area contributed by atoms with Gasteiger partial charge in [0.2, 0.25) is 5.91 Å². The number of rotatable bonds is 3. The first-order chi connectivity index (χ1) is 6.72. The fraction of sp³-hybridized carbons (Fsp3) is 0.222. The largest absolute Gasteiger partial charge is 0.352 e. The first-order valence-corrected chi connectivity index (χ1v) is 4.11. The molecule has 0 aromatic heterocycles. The topological polar surface area (TPSA) is 77.9 Å². The third-order valence-electron chi connectivity index (χ3n) is 1.64. The van der Waals surface area contributed by atoms with E-state index in [1.165, 1.54) is 6.92 Å². The maximum Gasteiger partial charge on any atom is 0.217 e.